The number of ether oxygens (including phenoxy) is 1. The van der Waals surface area contributed by atoms with Crippen molar-refractivity contribution in [3.05, 3.63) is 71.1 Å². The highest BCUT2D eigenvalue weighted by Gasteiger charge is 2.36. The van der Waals surface area contributed by atoms with Crippen LogP contribution in [0.2, 0.25) is 0 Å². The predicted octanol–water partition coefficient (Wildman–Crippen LogP) is 5.60. The van der Waals surface area contributed by atoms with Gasteiger partial charge in [-0.2, -0.15) is 13.2 Å². The van der Waals surface area contributed by atoms with E-state index in [1.54, 1.807) is 24.8 Å². The monoisotopic (exact) mass is 492 g/mol. The van der Waals surface area contributed by atoms with Gasteiger partial charge in [-0.3, -0.25) is 9.69 Å². The van der Waals surface area contributed by atoms with Crippen molar-refractivity contribution in [3.63, 3.8) is 0 Å². The SMILES string of the molecule is Cc1oc(-c2ccc(C(F)(F)F)cc2)nc1COc1cccc(CN2C(C)SCC2C(=O)O)c1. The number of halogens is 3. The van der Waals surface area contributed by atoms with Gasteiger partial charge in [-0.15, -0.1) is 11.8 Å². The van der Waals surface area contributed by atoms with Crippen LogP contribution in [0.15, 0.2) is 52.9 Å². The molecule has 180 valence electrons. The third kappa shape index (κ3) is 5.39. The zero-order chi connectivity index (χ0) is 24.5. The molecule has 2 unspecified atom stereocenters. The number of aryl methyl sites for hydroxylation is 1. The molecule has 1 saturated heterocycles. The van der Waals surface area contributed by atoms with E-state index >= 15 is 0 Å². The van der Waals surface area contributed by atoms with Crippen molar-refractivity contribution in [1.29, 1.82) is 0 Å². The van der Waals surface area contributed by atoms with Gasteiger partial charge in [-0.25, -0.2) is 4.98 Å². The average Bonchev–Trinajstić information content (AvgIpc) is 3.34. The standard InChI is InChI=1S/C24H23F3N2O4S/c1-14-20(28-22(33-14)17-6-8-18(9-7-17)24(25,26)27)12-32-19-5-3-4-16(10-19)11-29-15(2)34-13-21(29)23(30)31/h3-10,15,21H,11-13H2,1-2H3,(H,30,31). The fraction of sp³-hybridized carbons (Fsp3) is 0.333. The number of carboxylic acid groups (broad SMARTS) is 1. The minimum atomic E-state index is -4.40. The molecule has 0 radical (unpaired) electrons. The van der Waals surface area contributed by atoms with E-state index in [0.29, 0.717) is 35.1 Å². The molecule has 6 nitrogen and oxygen atoms in total. The molecular weight excluding hydrogens is 469 g/mol. The summed E-state index contributed by atoms with van der Waals surface area (Å²) in [5.74, 6) is 1.06. The molecule has 0 bridgehead atoms. The summed E-state index contributed by atoms with van der Waals surface area (Å²) in [6, 6.07) is 11.5. The molecule has 2 aromatic carbocycles. The summed E-state index contributed by atoms with van der Waals surface area (Å²) in [6.45, 7) is 4.32. The second-order valence-electron chi connectivity index (χ2n) is 7.99. The van der Waals surface area contributed by atoms with E-state index in [0.717, 1.165) is 17.7 Å². The normalized spacial score (nSPS) is 18.9. The molecule has 1 aliphatic rings. The van der Waals surface area contributed by atoms with Gasteiger partial charge in [-0.1, -0.05) is 12.1 Å². The first kappa shape index (κ1) is 24.2. The summed E-state index contributed by atoms with van der Waals surface area (Å²) in [4.78, 5) is 17.9. The number of thioether (sulfide) groups is 1. The molecule has 2 atom stereocenters. The fourth-order valence-corrected chi connectivity index (χ4v) is 4.92. The number of hydrogen-bond donors (Lipinski definition) is 1. The Kier molecular flexibility index (Phi) is 6.90. The van der Waals surface area contributed by atoms with Crippen LogP contribution in [-0.4, -0.2) is 38.1 Å². The van der Waals surface area contributed by atoms with Gasteiger partial charge in [0.1, 0.15) is 29.9 Å². The summed E-state index contributed by atoms with van der Waals surface area (Å²) >= 11 is 1.62. The van der Waals surface area contributed by atoms with Gasteiger partial charge in [0.2, 0.25) is 5.89 Å². The van der Waals surface area contributed by atoms with E-state index in [4.69, 9.17) is 9.15 Å². The Balaban J connectivity index is 1.42. The van der Waals surface area contributed by atoms with E-state index in [2.05, 4.69) is 4.98 Å². The van der Waals surface area contributed by atoms with Crippen molar-refractivity contribution < 1.29 is 32.2 Å². The van der Waals surface area contributed by atoms with E-state index in [1.807, 2.05) is 30.0 Å². The van der Waals surface area contributed by atoms with Crippen LogP contribution >= 0.6 is 11.8 Å². The topological polar surface area (TPSA) is 75.8 Å². The zero-order valence-corrected chi connectivity index (χ0v) is 19.3. The van der Waals surface area contributed by atoms with E-state index < -0.39 is 23.8 Å². The predicted molar refractivity (Wildman–Crippen MR) is 121 cm³/mol. The molecule has 1 aliphatic heterocycles. The van der Waals surface area contributed by atoms with E-state index in [-0.39, 0.29) is 17.9 Å². The first-order chi connectivity index (χ1) is 16.1. The summed E-state index contributed by atoms with van der Waals surface area (Å²) in [5.41, 5.74) is 1.17. The van der Waals surface area contributed by atoms with E-state index in [9.17, 15) is 23.1 Å². The molecule has 2 heterocycles. The zero-order valence-electron chi connectivity index (χ0n) is 18.5. The summed E-state index contributed by atoms with van der Waals surface area (Å²) in [5, 5.41) is 9.56. The molecule has 1 aromatic heterocycles. The number of oxazole rings is 1. The third-order valence-corrected chi connectivity index (χ3v) is 6.90. The molecule has 1 N–H and O–H groups in total. The van der Waals surface area contributed by atoms with Crippen LogP contribution in [-0.2, 0) is 24.1 Å². The van der Waals surface area contributed by atoms with Crippen LogP contribution in [0.5, 0.6) is 5.75 Å². The minimum absolute atomic E-state index is 0.104. The fourth-order valence-electron chi connectivity index (χ4n) is 3.71. The highest BCUT2D eigenvalue weighted by Crippen LogP contribution is 2.32. The lowest BCUT2D eigenvalue weighted by molar-refractivity contribution is -0.142. The van der Waals surface area contributed by atoms with Crippen molar-refractivity contribution in [2.24, 2.45) is 0 Å². The van der Waals surface area contributed by atoms with Crippen molar-refractivity contribution in [1.82, 2.24) is 9.88 Å². The number of nitrogens with zero attached hydrogens (tertiary/aromatic N) is 2. The van der Waals surface area contributed by atoms with Crippen LogP contribution in [0, 0.1) is 6.92 Å². The molecule has 4 rings (SSSR count). The number of hydrogen-bond acceptors (Lipinski definition) is 6. The molecule has 34 heavy (non-hydrogen) atoms. The van der Waals surface area contributed by atoms with Gasteiger partial charge in [0, 0.05) is 17.9 Å². The van der Waals surface area contributed by atoms with Gasteiger partial charge < -0.3 is 14.3 Å². The van der Waals surface area contributed by atoms with Gasteiger partial charge in [0.25, 0.3) is 0 Å². The van der Waals surface area contributed by atoms with Crippen LogP contribution in [0.1, 0.15) is 29.5 Å². The highest BCUT2D eigenvalue weighted by atomic mass is 32.2. The van der Waals surface area contributed by atoms with Crippen LogP contribution in [0.25, 0.3) is 11.5 Å². The van der Waals surface area contributed by atoms with Crippen molar-refractivity contribution >= 4 is 17.7 Å². The molecule has 3 aromatic rings. The number of carboxylic acids is 1. The number of aromatic nitrogens is 1. The molecular formula is C24H23F3N2O4S. The Morgan fingerprint density at radius 2 is 2.00 bits per heavy atom. The second kappa shape index (κ2) is 9.71. The number of alkyl halides is 3. The van der Waals surface area contributed by atoms with Crippen molar-refractivity contribution in [2.75, 3.05) is 5.75 Å². The lowest BCUT2D eigenvalue weighted by Gasteiger charge is -2.24. The molecule has 0 aliphatic carbocycles. The second-order valence-corrected chi connectivity index (χ2v) is 9.34. The summed E-state index contributed by atoms with van der Waals surface area (Å²) < 4.78 is 49.9. The Morgan fingerprint density at radius 3 is 2.68 bits per heavy atom. The first-order valence-electron chi connectivity index (χ1n) is 10.6. The average molecular weight is 493 g/mol. The van der Waals surface area contributed by atoms with Crippen LogP contribution in [0.3, 0.4) is 0 Å². The van der Waals surface area contributed by atoms with Gasteiger partial charge >= 0.3 is 12.1 Å². The molecule has 0 saturated carbocycles. The first-order valence-corrected chi connectivity index (χ1v) is 11.6. The quantitative estimate of drug-likeness (QED) is 0.460. The molecule has 10 heteroatoms. The number of benzene rings is 2. The Morgan fingerprint density at radius 1 is 1.26 bits per heavy atom. The van der Waals surface area contributed by atoms with E-state index in [1.165, 1.54) is 12.1 Å². The maximum Gasteiger partial charge on any atom is 0.416 e. The minimum Gasteiger partial charge on any atom is -0.487 e. The maximum absolute atomic E-state index is 12.8. The molecule has 0 spiro atoms. The molecule has 1 fully saturated rings. The van der Waals surface area contributed by atoms with Gasteiger partial charge in [-0.05, 0) is 55.8 Å². The van der Waals surface area contributed by atoms with Gasteiger partial charge in [0.05, 0.1) is 10.9 Å². The van der Waals surface area contributed by atoms with Crippen LogP contribution in [0.4, 0.5) is 13.2 Å². The highest BCUT2D eigenvalue weighted by molar-refractivity contribution is 8.00. The number of rotatable bonds is 7. The third-order valence-electron chi connectivity index (χ3n) is 5.64. The lowest BCUT2D eigenvalue weighted by Crippen LogP contribution is -2.40. The molecule has 0 amide bonds. The lowest BCUT2D eigenvalue weighted by atomic mass is 10.1. The smallest absolute Gasteiger partial charge is 0.416 e. The van der Waals surface area contributed by atoms with Crippen LogP contribution < -0.4 is 4.74 Å². The van der Waals surface area contributed by atoms with Gasteiger partial charge in [0.15, 0.2) is 0 Å². The van der Waals surface area contributed by atoms with Crippen molar-refractivity contribution in [2.45, 2.75) is 44.6 Å². The summed E-state index contributed by atoms with van der Waals surface area (Å²) in [6.07, 6.45) is -4.40. The largest absolute Gasteiger partial charge is 0.487 e. The number of aliphatic carboxylic acids is 1. The number of carbonyl (C=O) groups is 1. The summed E-state index contributed by atoms with van der Waals surface area (Å²) in [7, 11) is 0. The maximum atomic E-state index is 12.8. The Bertz CT molecular complexity index is 1160. The van der Waals surface area contributed by atoms with Crippen molar-refractivity contribution in [3.8, 4) is 17.2 Å². The Hall–Kier alpha value is -2.98. The Labute approximate surface area is 198 Å².